The van der Waals surface area contributed by atoms with Gasteiger partial charge < -0.3 is 24.0 Å². The number of likely N-dealkylation sites (N-methyl/N-ethyl adjacent to an activating group) is 1. The largest absolute Gasteiger partial charge is 0.392 e. The highest BCUT2D eigenvalue weighted by Gasteiger charge is 2.33. The summed E-state index contributed by atoms with van der Waals surface area (Å²) in [5.41, 5.74) is 4.91. The van der Waals surface area contributed by atoms with E-state index in [1.54, 1.807) is 18.1 Å². The summed E-state index contributed by atoms with van der Waals surface area (Å²) in [4.78, 5) is 36.2. The molecule has 1 aliphatic carbocycles. The molecule has 4 heterocycles. The molecule has 0 spiro atoms. The molecule has 0 saturated carbocycles. The molecule has 0 unspecified atom stereocenters. The zero-order chi connectivity index (χ0) is 31.2. The monoisotopic (exact) mass is 611 g/mol. The minimum Gasteiger partial charge on any atom is -0.392 e. The highest BCUT2D eigenvalue weighted by atomic mass is 19.1. The summed E-state index contributed by atoms with van der Waals surface area (Å²) in [6.45, 7) is 3.55. The summed E-state index contributed by atoms with van der Waals surface area (Å²) in [5, 5.41) is 14.7. The molecule has 2 aromatic carbocycles. The van der Waals surface area contributed by atoms with E-state index in [0.29, 0.717) is 54.4 Å². The molecule has 1 saturated heterocycles. The number of amides is 1. The van der Waals surface area contributed by atoms with E-state index in [1.807, 2.05) is 41.4 Å². The molecule has 0 bridgehead atoms. The number of aromatic nitrogens is 3. The van der Waals surface area contributed by atoms with E-state index in [1.165, 1.54) is 28.0 Å². The van der Waals surface area contributed by atoms with Gasteiger partial charge in [0.05, 0.1) is 23.7 Å². The van der Waals surface area contributed by atoms with E-state index in [2.05, 4.69) is 21.5 Å². The van der Waals surface area contributed by atoms with Gasteiger partial charge in [-0.15, -0.1) is 0 Å². The van der Waals surface area contributed by atoms with Gasteiger partial charge in [0.2, 0.25) is 5.82 Å². The first-order valence-electron chi connectivity index (χ1n) is 15.7. The van der Waals surface area contributed by atoms with Crippen LogP contribution in [0.2, 0.25) is 0 Å². The van der Waals surface area contributed by atoms with Crippen molar-refractivity contribution < 1.29 is 14.3 Å². The van der Waals surface area contributed by atoms with Gasteiger partial charge in [-0.2, -0.15) is 0 Å². The van der Waals surface area contributed by atoms with Crippen molar-refractivity contribution >= 4 is 23.1 Å². The van der Waals surface area contributed by atoms with Crippen molar-refractivity contribution in [2.45, 2.75) is 38.8 Å². The molecule has 0 atom stereocenters. The molecular formula is C34H38FN7O3. The van der Waals surface area contributed by atoms with Gasteiger partial charge in [0, 0.05) is 69.3 Å². The lowest BCUT2D eigenvalue weighted by Crippen LogP contribution is -2.52. The topological polar surface area (TPSA) is 90.1 Å². The third kappa shape index (κ3) is 5.24. The van der Waals surface area contributed by atoms with Crippen LogP contribution in [0.5, 0.6) is 0 Å². The molecule has 10 nitrogen and oxygen atoms in total. The second kappa shape index (κ2) is 11.9. The molecule has 45 heavy (non-hydrogen) atoms. The molecule has 1 fully saturated rings. The maximum absolute atomic E-state index is 15.5. The molecule has 3 aliphatic rings. The lowest BCUT2D eigenvalue weighted by atomic mass is 9.98. The van der Waals surface area contributed by atoms with Gasteiger partial charge in [0.25, 0.3) is 11.5 Å². The van der Waals surface area contributed by atoms with Crippen LogP contribution in [0.1, 0.15) is 40.2 Å². The van der Waals surface area contributed by atoms with E-state index >= 15 is 4.39 Å². The number of para-hydroxylation sites is 1. The SMILES string of the molecule is CN1CCN(N(c2ccccc2)c2nc(-c3cc(F)cc(N4CCn5c(cc6c5CCCC6)C4=O)c3CO)cn(C)c2=O)CC1. The number of nitrogens with zero attached hydrogens (tertiary/aromatic N) is 7. The Labute approximate surface area is 261 Å². The van der Waals surface area contributed by atoms with Crippen LogP contribution in [0.15, 0.2) is 59.5 Å². The normalized spacial score (nSPS) is 17.3. The van der Waals surface area contributed by atoms with Crippen molar-refractivity contribution in [1.29, 1.82) is 0 Å². The average molecular weight is 612 g/mol. The highest BCUT2D eigenvalue weighted by molar-refractivity contribution is 6.07. The van der Waals surface area contributed by atoms with E-state index < -0.39 is 12.4 Å². The van der Waals surface area contributed by atoms with Gasteiger partial charge in [0.1, 0.15) is 11.5 Å². The van der Waals surface area contributed by atoms with Crippen molar-refractivity contribution in [3.63, 3.8) is 0 Å². The molecule has 2 aromatic heterocycles. The summed E-state index contributed by atoms with van der Waals surface area (Å²) >= 11 is 0. The molecule has 0 radical (unpaired) electrons. The third-order valence-corrected chi connectivity index (χ3v) is 9.35. The number of piperazine rings is 1. The standard InChI is InChI=1S/C34H38FN7O3/c1-37-12-14-39(15-13-37)42(25-9-4-3-5-10-25)32-34(45)38(2)21-28(36-32)26-19-24(35)20-30(27(26)22-43)41-17-16-40-29-11-7-6-8-23(29)18-31(40)33(41)44/h3-5,9-10,18-21,43H,6-8,11-17,22H2,1-2H3. The number of aliphatic hydroxyl groups is 1. The number of aryl methyl sites for hydroxylation is 2. The maximum Gasteiger partial charge on any atom is 0.295 e. The first-order chi connectivity index (χ1) is 21.8. The molecule has 1 amide bonds. The van der Waals surface area contributed by atoms with Gasteiger partial charge in [-0.05, 0) is 68.6 Å². The second-order valence-corrected chi connectivity index (χ2v) is 12.2. The second-order valence-electron chi connectivity index (χ2n) is 12.2. The minimum absolute atomic E-state index is 0.179. The maximum atomic E-state index is 15.5. The fourth-order valence-electron chi connectivity index (χ4n) is 6.97. The number of carbonyl (C=O) groups is 1. The number of fused-ring (bicyclic) bond motifs is 3. The lowest BCUT2D eigenvalue weighted by Gasteiger charge is -2.40. The molecule has 234 valence electrons. The van der Waals surface area contributed by atoms with Crippen molar-refractivity contribution in [3.8, 4) is 11.3 Å². The Morgan fingerprint density at radius 1 is 0.933 bits per heavy atom. The summed E-state index contributed by atoms with van der Waals surface area (Å²) in [7, 11) is 3.71. The van der Waals surface area contributed by atoms with Gasteiger partial charge in [-0.1, -0.05) is 18.2 Å². The first kappa shape index (κ1) is 29.4. The van der Waals surface area contributed by atoms with Crippen LogP contribution in [0.25, 0.3) is 11.3 Å². The number of aliphatic hydroxyl groups excluding tert-OH is 1. The Bertz CT molecular complexity index is 1810. The Morgan fingerprint density at radius 2 is 1.69 bits per heavy atom. The summed E-state index contributed by atoms with van der Waals surface area (Å²) in [6.07, 6.45) is 5.71. The number of anilines is 3. The Hall–Kier alpha value is -4.32. The highest BCUT2D eigenvalue weighted by Crippen LogP contribution is 2.36. The van der Waals surface area contributed by atoms with E-state index in [0.717, 1.165) is 44.5 Å². The van der Waals surface area contributed by atoms with Crippen LogP contribution >= 0.6 is 0 Å². The molecule has 2 aliphatic heterocycles. The Morgan fingerprint density at radius 3 is 2.44 bits per heavy atom. The molecule has 7 rings (SSSR count). The van der Waals surface area contributed by atoms with Gasteiger partial charge in [-0.25, -0.2) is 14.4 Å². The first-order valence-corrected chi connectivity index (χ1v) is 15.7. The fourth-order valence-corrected chi connectivity index (χ4v) is 6.97. The van der Waals surface area contributed by atoms with Crippen molar-refractivity contribution in [1.82, 2.24) is 24.0 Å². The summed E-state index contributed by atoms with van der Waals surface area (Å²) in [5.74, 6) is -0.583. The Balaban J connectivity index is 1.33. The van der Waals surface area contributed by atoms with Crippen LogP contribution in [-0.4, -0.2) is 74.8 Å². The number of carbonyl (C=O) groups excluding carboxylic acids is 1. The van der Waals surface area contributed by atoms with Gasteiger partial charge in [0.15, 0.2) is 0 Å². The molecule has 1 N–H and O–H groups in total. The average Bonchev–Trinajstić information content (AvgIpc) is 3.44. The van der Waals surface area contributed by atoms with Crippen LogP contribution < -0.4 is 15.5 Å². The van der Waals surface area contributed by atoms with Crippen LogP contribution in [0.3, 0.4) is 0 Å². The van der Waals surface area contributed by atoms with Crippen molar-refractivity contribution in [2.24, 2.45) is 7.05 Å². The number of halogens is 1. The summed E-state index contributed by atoms with van der Waals surface area (Å²) in [6, 6.07) is 14.2. The predicted octanol–water partition coefficient (Wildman–Crippen LogP) is 3.72. The lowest BCUT2D eigenvalue weighted by molar-refractivity contribution is 0.0964. The van der Waals surface area contributed by atoms with Crippen LogP contribution in [-0.2, 0) is 33.0 Å². The number of hydrogen-bond acceptors (Lipinski definition) is 7. The van der Waals surface area contributed by atoms with Crippen molar-refractivity contribution in [3.05, 3.63) is 93.4 Å². The minimum atomic E-state index is -0.554. The van der Waals surface area contributed by atoms with Crippen LogP contribution in [0.4, 0.5) is 21.6 Å². The zero-order valence-electron chi connectivity index (χ0n) is 25.7. The molecule has 11 heteroatoms. The van der Waals surface area contributed by atoms with E-state index in [9.17, 15) is 14.7 Å². The molecular weight excluding hydrogens is 573 g/mol. The number of rotatable bonds is 6. The zero-order valence-corrected chi connectivity index (χ0v) is 25.7. The fraction of sp³-hybridized carbons (Fsp3) is 0.382. The quantitative estimate of drug-likeness (QED) is 0.356. The predicted molar refractivity (Wildman–Crippen MR) is 171 cm³/mol. The number of hydrazine groups is 1. The van der Waals surface area contributed by atoms with E-state index in [-0.39, 0.29) is 17.3 Å². The van der Waals surface area contributed by atoms with Crippen molar-refractivity contribution in [2.75, 3.05) is 49.7 Å². The van der Waals surface area contributed by atoms with Gasteiger partial charge in [-0.3, -0.25) is 14.6 Å². The smallest absolute Gasteiger partial charge is 0.295 e. The van der Waals surface area contributed by atoms with E-state index in [4.69, 9.17) is 4.98 Å². The number of benzene rings is 2. The summed E-state index contributed by atoms with van der Waals surface area (Å²) < 4.78 is 19.0. The van der Waals surface area contributed by atoms with Crippen LogP contribution in [0, 0.1) is 5.82 Å². The molecule has 4 aromatic rings. The van der Waals surface area contributed by atoms with Gasteiger partial charge >= 0.3 is 0 Å². The third-order valence-electron chi connectivity index (χ3n) is 9.35. The number of hydrogen-bond donors (Lipinski definition) is 1. The Kier molecular flexibility index (Phi) is 7.76.